The summed E-state index contributed by atoms with van der Waals surface area (Å²) in [5, 5.41) is 11.8. The predicted octanol–water partition coefficient (Wildman–Crippen LogP) is -0.180. The second kappa shape index (κ2) is 3.10. The predicted molar refractivity (Wildman–Crippen MR) is 44.4 cm³/mol. The first-order chi connectivity index (χ1) is 6.27. The van der Waals surface area contributed by atoms with Gasteiger partial charge in [-0.05, 0) is 0 Å². The molecule has 2 heterocycles. The molecule has 1 aliphatic rings. The van der Waals surface area contributed by atoms with Gasteiger partial charge in [-0.3, -0.25) is 4.98 Å². The zero-order valence-corrected chi connectivity index (χ0v) is 6.95. The van der Waals surface area contributed by atoms with E-state index in [9.17, 15) is 4.79 Å². The summed E-state index contributed by atoms with van der Waals surface area (Å²) >= 11 is 0. The SMILES string of the molecule is O=C(O)c1cnc2c(n1)CCNC2. The first-order valence-corrected chi connectivity index (χ1v) is 4.06. The van der Waals surface area contributed by atoms with Crippen molar-refractivity contribution in [2.24, 2.45) is 0 Å². The summed E-state index contributed by atoms with van der Waals surface area (Å²) in [5.74, 6) is -1.02. The Labute approximate surface area is 74.8 Å². The average Bonchev–Trinajstić information content (AvgIpc) is 2.17. The van der Waals surface area contributed by atoms with E-state index in [1.165, 1.54) is 6.20 Å². The van der Waals surface area contributed by atoms with Crippen molar-refractivity contribution in [2.75, 3.05) is 6.54 Å². The number of carbonyl (C=O) groups is 1. The molecule has 13 heavy (non-hydrogen) atoms. The largest absolute Gasteiger partial charge is 0.476 e. The fourth-order valence-electron chi connectivity index (χ4n) is 1.32. The highest BCUT2D eigenvalue weighted by Gasteiger charge is 2.14. The highest BCUT2D eigenvalue weighted by Crippen LogP contribution is 2.08. The molecule has 0 saturated heterocycles. The molecular formula is C8H9N3O2. The number of fused-ring (bicyclic) bond motifs is 1. The number of rotatable bonds is 1. The van der Waals surface area contributed by atoms with E-state index in [2.05, 4.69) is 15.3 Å². The van der Waals surface area contributed by atoms with E-state index in [0.717, 1.165) is 24.4 Å². The third-order valence-corrected chi connectivity index (χ3v) is 1.98. The quantitative estimate of drug-likeness (QED) is 0.625. The van der Waals surface area contributed by atoms with Crippen LogP contribution in [0.25, 0.3) is 0 Å². The average molecular weight is 179 g/mol. The molecule has 0 spiro atoms. The molecule has 68 valence electrons. The standard InChI is InChI=1S/C8H9N3O2/c12-8(13)7-4-10-6-3-9-2-1-5(6)11-7/h4,9H,1-3H2,(H,12,13). The van der Waals surface area contributed by atoms with Crippen molar-refractivity contribution < 1.29 is 9.90 Å². The first-order valence-electron chi connectivity index (χ1n) is 4.06. The normalized spacial score (nSPS) is 15.1. The van der Waals surface area contributed by atoms with Gasteiger partial charge in [-0.25, -0.2) is 9.78 Å². The Morgan fingerprint density at radius 3 is 3.15 bits per heavy atom. The lowest BCUT2D eigenvalue weighted by Crippen LogP contribution is -2.26. The number of hydrogen-bond acceptors (Lipinski definition) is 4. The summed E-state index contributed by atoms with van der Waals surface area (Å²) in [6, 6.07) is 0. The van der Waals surface area contributed by atoms with Gasteiger partial charge in [-0.15, -0.1) is 0 Å². The van der Waals surface area contributed by atoms with Gasteiger partial charge in [-0.2, -0.15) is 0 Å². The number of nitrogens with one attached hydrogen (secondary N) is 1. The number of aromatic carboxylic acids is 1. The summed E-state index contributed by atoms with van der Waals surface area (Å²) in [5.41, 5.74) is 1.69. The molecule has 0 unspecified atom stereocenters. The van der Waals surface area contributed by atoms with Crippen LogP contribution in [0, 0.1) is 0 Å². The molecule has 0 saturated carbocycles. The van der Waals surface area contributed by atoms with Crippen LogP contribution in [0.3, 0.4) is 0 Å². The van der Waals surface area contributed by atoms with Crippen LogP contribution in [0.15, 0.2) is 6.20 Å². The van der Waals surface area contributed by atoms with Crippen LogP contribution in [0.1, 0.15) is 21.9 Å². The number of carboxylic acids is 1. The van der Waals surface area contributed by atoms with E-state index in [1.54, 1.807) is 0 Å². The van der Waals surface area contributed by atoms with E-state index >= 15 is 0 Å². The molecule has 2 N–H and O–H groups in total. The van der Waals surface area contributed by atoms with Crippen molar-refractivity contribution >= 4 is 5.97 Å². The maximum absolute atomic E-state index is 10.6. The molecule has 0 amide bonds. The highest BCUT2D eigenvalue weighted by molar-refractivity contribution is 5.84. The van der Waals surface area contributed by atoms with Crippen LogP contribution in [-0.2, 0) is 13.0 Å². The summed E-state index contributed by atoms with van der Waals surface area (Å²) in [7, 11) is 0. The van der Waals surface area contributed by atoms with Gasteiger partial charge in [0.1, 0.15) is 0 Å². The van der Waals surface area contributed by atoms with E-state index in [-0.39, 0.29) is 5.69 Å². The van der Waals surface area contributed by atoms with Crippen molar-refractivity contribution in [3.05, 3.63) is 23.3 Å². The van der Waals surface area contributed by atoms with Gasteiger partial charge in [0.15, 0.2) is 5.69 Å². The lowest BCUT2D eigenvalue weighted by atomic mass is 10.1. The van der Waals surface area contributed by atoms with Gasteiger partial charge in [0.05, 0.1) is 17.6 Å². The lowest BCUT2D eigenvalue weighted by Gasteiger charge is -2.14. The van der Waals surface area contributed by atoms with Crippen LogP contribution in [0.2, 0.25) is 0 Å². The maximum atomic E-state index is 10.6. The monoisotopic (exact) mass is 179 g/mol. The van der Waals surface area contributed by atoms with E-state index in [4.69, 9.17) is 5.11 Å². The van der Waals surface area contributed by atoms with Gasteiger partial charge in [0, 0.05) is 19.5 Å². The number of hydrogen-bond donors (Lipinski definition) is 2. The molecule has 0 atom stereocenters. The van der Waals surface area contributed by atoms with Gasteiger partial charge in [0.2, 0.25) is 0 Å². The molecule has 1 aromatic heterocycles. The minimum atomic E-state index is -1.02. The Balaban J connectivity index is 2.40. The van der Waals surface area contributed by atoms with E-state index in [1.807, 2.05) is 0 Å². The molecule has 0 bridgehead atoms. The zero-order chi connectivity index (χ0) is 9.26. The molecule has 5 nitrogen and oxygen atoms in total. The second-order valence-corrected chi connectivity index (χ2v) is 2.88. The first kappa shape index (κ1) is 8.12. The minimum absolute atomic E-state index is 0.0284. The Kier molecular flexibility index (Phi) is 1.94. The second-order valence-electron chi connectivity index (χ2n) is 2.88. The third kappa shape index (κ3) is 1.50. The molecular weight excluding hydrogens is 170 g/mol. The van der Waals surface area contributed by atoms with Gasteiger partial charge in [-0.1, -0.05) is 0 Å². The fourth-order valence-corrected chi connectivity index (χ4v) is 1.32. The van der Waals surface area contributed by atoms with Gasteiger partial charge >= 0.3 is 5.97 Å². The van der Waals surface area contributed by atoms with Crippen molar-refractivity contribution in [3.63, 3.8) is 0 Å². The smallest absolute Gasteiger partial charge is 0.356 e. The van der Waals surface area contributed by atoms with Crippen LogP contribution in [-0.4, -0.2) is 27.6 Å². The maximum Gasteiger partial charge on any atom is 0.356 e. The van der Waals surface area contributed by atoms with Crippen LogP contribution in [0.5, 0.6) is 0 Å². The Morgan fingerprint density at radius 1 is 1.54 bits per heavy atom. The third-order valence-electron chi connectivity index (χ3n) is 1.98. The van der Waals surface area contributed by atoms with E-state index in [0.29, 0.717) is 6.54 Å². The highest BCUT2D eigenvalue weighted by atomic mass is 16.4. The van der Waals surface area contributed by atoms with Crippen molar-refractivity contribution in [1.82, 2.24) is 15.3 Å². The molecule has 0 fully saturated rings. The molecule has 0 radical (unpaired) electrons. The topological polar surface area (TPSA) is 75.1 Å². The van der Waals surface area contributed by atoms with Crippen molar-refractivity contribution in [2.45, 2.75) is 13.0 Å². The van der Waals surface area contributed by atoms with Crippen LogP contribution < -0.4 is 5.32 Å². The van der Waals surface area contributed by atoms with Crippen molar-refractivity contribution in [3.8, 4) is 0 Å². The summed E-state index contributed by atoms with van der Waals surface area (Å²) < 4.78 is 0. The van der Waals surface area contributed by atoms with Crippen molar-refractivity contribution in [1.29, 1.82) is 0 Å². The lowest BCUT2D eigenvalue weighted by molar-refractivity contribution is 0.0689. The van der Waals surface area contributed by atoms with E-state index < -0.39 is 5.97 Å². The van der Waals surface area contributed by atoms with Gasteiger partial charge < -0.3 is 10.4 Å². The fraction of sp³-hybridized carbons (Fsp3) is 0.375. The van der Waals surface area contributed by atoms with Crippen LogP contribution >= 0.6 is 0 Å². The minimum Gasteiger partial charge on any atom is -0.476 e. The summed E-state index contributed by atoms with van der Waals surface area (Å²) in [6.45, 7) is 1.52. The Hall–Kier alpha value is -1.49. The molecule has 2 rings (SSSR count). The van der Waals surface area contributed by atoms with Crippen LogP contribution in [0.4, 0.5) is 0 Å². The Morgan fingerprint density at radius 2 is 2.38 bits per heavy atom. The summed E-state index contributed by atoms with van der Waals surface area (Å²) in [4.78, 5) is 18.6. The summed E-state index contributed by atoms with van der Waals surface area (Å²) in [6.07, 6.45) is 2.05. The molecule has 0 aromatic carbocycles. The molecule has 0 aliphatic carbocycles. The zero-order valence-electron chi connectivity index (χ0n) is 6.95. The number of carboxylic acid groups (broad SMARTS) is 1. The molecule has 1 aliphatic heterocycles. The Bertz CT molecular complexity index is 351. The number of aromatic nitrogens is 2. The molecule has 5 heteroatoms. The number of nitrogens with zero attached hydrogens (tertiary/aromatic N) is 2. The van der Waals surface area contributed by atoms with Gasteiger partial charge in [0.25, 0.3) is 0 Å². The molecule has 1 aromatic rings.